The van der Waals surface area contributed by atoms with Crippen molar-refractivity contribution in [1.29, 1.82) is 0 Å². The Morgan fingerprint density at radius 3 is 1.64 bits per heavy atom. The van der Waals surface area contributed by atoms with Gasteiger partial charge in [-0.05, 0) is 112 Å². The van der Waals surface area contributed by atoms with Crippen molar-refractivity contribution in [3.8, 4) is 16.9 Å². The number of hydrogen-bond acceptors (Lipinski definition) is 1. The number of quaternary nitrogens is 2. The first-order valence-corrected chi connectivity index (χ1v) is 30.0. The molecule has 0 saturated carbocycles. The van der Waals surface area contributed by atoms with Gasteiger partial charge < -0.3 is 0 Å². The zero-order chi connectivity index (χ0) is 54.0. The molecular weight excluding hydrogens is 949 g/mol. The molecule has 10 aromatic rings. The van der Waals surface area contributed by atoms with E-state index in [4.69, 9.17) is 4.98 Å². The molecule has 0 amide bonds. The van der Waals surface area contributed by atoms with E-state index in [1.807, 2.05) is 6.20 Å². The first-order chi connectivity index (χ1) is 36.7. The average Bonchev–Trinajstić information content (AvgIpc) is 2.33. The largest absolute Gasteiger partial charge is 0.294 e. The van der Waals surface area contributed by atoms with E-state index in [1.54, 1.807) is 0 Å². The first kappa shape index (κ1) is 50.7. The molecule has 2 aliphatic rings. The molecule has 0 spiro atoms. The van der Waals surface area contributed by atoms with Crippen LogP contribution in [0, 0.1) is 6.67 Å². The van der Waals surface area contributed by atoms with Crippen LogP contribution < -0.4 is 29.9 Å². The van der Waals surface area contributed by atoms with Gasteiger partial charge in [0, 0.05) is 53.4 Å². The van der Waals surface area contributed by atoms with E-state index in [-0.39, 0.29) is 16.2 Å². The summed E-state index contributed by atoms with van der Waals surface area (Å²) in [6.07, 6.45) is 2.02. The summed E-state index contributed by atoms with van der Waals surface area (Å²) >= 11 is 0. The Balaban J connectivity index is 1.16. The van der Waals surface area contributed by atoms with Gasteiger partial charge in [-0.15, -0.1) is 0 Å². The van der Waals surface area contributed by atoms with Gasteiger partial charge in [0.15, 0.2) is 26.1 Å². The summed E-state index contributed by atoms with van der Waals surface area (Å²) in [5.74, 6) is 1.66. The van der Waals surface area contributed by atoms with Crippen LogP contribution in [0.25, 0.3) is 38.8 Å². The van der Waals surface area contributed by atoms with Crippen LogP contribution in [-0.2, 0) is 16.2 Å². The Labute approximate surface area is 459 Å². The van der Waals surface area contributed by atoms with Crippen molar-refractivity contribution < 1.29 is 0 Å². The standard InChI is InChI=1S/C72H75N4Si/c1-48(2)60-31-23-32-61(49(3)4)69(60)50-38-39-73-68(40-50)74-64-33-21-20-30-62(64)63-36-35-58(46-65(63)74)77(56-26-16-14-17-27-56,57-28-18-15-19-29-57)59-43-53(72(11,12)13)42-55(45-59)76-47-75(76,54-25-22-24-51(41-54)70(5,6)7)66-37-34-52(44-67(66)76)71(8,9)10/h14-49H,1-13H3/q+1/t75-,76?/m0/s1. The van der Waals surface area contributed by atoms with Crippen molar-refractivity contribution in [2.75, 3.05) is 0 Å². The molecule has 8 aromatic carbocycles. The zero-order valence-corrected chi connectivity index (χ0v) is 48.6. The Morgan fingerprint density at radius 1 is 0.429 bits per heavy atom. The lowest BCUT2D eigenvalue weighted by Crippen LogP contribution is -2.75. The molecule has 12 rings (SSSR count). The van der Waals surface area contributed by atoms with Crippen molar-refractivity contribution in [3.63, 3.8) is 0 Å². The number of hydrogen-bond donors (Lipinski definition) is 0. The molecule has 1 unspecified atom stereocenters. The Kier molecular flexibility index (Phi) is 11.8. The number of nitrogens with zero attached hydrogens (tertiary/aromatic N) is 4. The van der Waals surface area contributed by atoms with E-state index >= 15 is 0 Å². The van der Waals surface area contributed by atoms with Gasteiger partial charge in [0.1, 0.15) is 5.82 Å². The topological polar surface area (TPSA) is 17.8 Å². The Hall–Kier alpha value is -7.15. The van der Waals surface area contributed by atoms with Gasteiger partial charge in [-0.25, -0.2) is 4.98 Å². The van der Waals surface area contributed by atoms with Crippen LogP contribution in [0.2, 0.25) is 0 Å². The van der Waals surface area contributed by atoms with Crippen molar-refractivity contribution in [2.24, 2.45) is 0 Å². The van der Waals surface area contributed by atoms with E-state index in [1.165, 1.54) is 93.2 Å². The van der Waals surface area contributed by atoms with E-state index < -0.39 is 8.07 Å². The highest BCUT2D eigenvalue weighted by Crippen LogP contribution is 2.75. The van der Waals surface area contributed by atoms with E-state index in [2.05, 4.69) is 295 Å². The van der Waals surface area contributed by atoms with Crippen LogP contribution in [0.15, 0.2) is 200 Å². The summed E-state index contributed by atoms with van der Waals surface area (Å²) in [5.41, 5.74) is 16.8. The smallest absolute Gasteiger partial charge is 0.225 e. The molecule has 4 nitrogen and oxygen atoms in total. The summed E-state index contributed by atoms with van der Waals surface area (Å²) in [7, 11) is -3.22. The second-order valence-electron chi connectivity index (χ2n) is 25.8. The lowest BCUT2D eigenvalue weighted by molar-refractivity contribution is 0.423. The second kappa shape index (κ2) is 18.0. The van der Waals surface area contributed by atoms with E-state index in [0.29, 0.717) is 21.0 Å². The number of para-hydroxylation sites is 1. The van der Waals surface area contributed by atoms with Crippen molar-refractivity contribution >= 4 is 73.4 Å². The van der Waals surface area contributed by atoms with Crippen LogP contribution >= 0.6 is 0 Å². The number of fused-ring (bicyclic) bond motifs is 7. The monoisotopic (exact) mass is 1020 g/mol. The second-order valence-corrected chi connectivity index (χ2v) is 29.7. The molecule has 5 heteroatoms. The maximum atomic E-state index is 5.28. The van der Waals surface area contributed by atoms with E-state index in [0.717, 1.165) is 16.9 Å². The van der Waals surface area contributed by atoms with Crippen molar-refractivity contribution in [2.45, 2.75) is 118 Å². The quantitative estimate of drug-likeness (QED) is 0.0439. The third kappa shape index (κ3) is 7.78. The van der Waals surface area contributed by atoms with Crippen LogP contribution in [0.4, 0.5) is 22.7 Å². The van der Waals surface area contributed by atoms with Gasteiger partial charge >= 0.3 is 0 Å². The highest BCUT2D eigenvalue weighted by Gasteiger charge is 2.78. The summed E-state index contributed by atoms with van der Waals surface area (Å²) in [6, 6.07) is 75.3. The molecule has 0 N–H and O–H groups in total. The molecule has 0 bridgehead atoms. The minimum Gasteiger partial charge on any atom is -0.294 e. The molecular formula is C72H75N4Si+. The average molecular weight is 1020 g/mol. The Morgan fingerprint density at radius 2 is 1.00 bits per heavy atom. The fourth-order valence-corrected chi connectivity index (χ4v) is 17.8. The molecule has 2 aliphatic heterocycles. The normalized spacial score (nSPS) is 17.4. The highest BCUT2D eigenvalue weighted by molar-refractivity contribution is 7.20. The number of pyridine rings is 1. The van der Waals surface area contributed by atoms with Gasteiger partial charge in [0.25, 0.3) is 0 Å². The predicted molar refractivity (Wildman–Crippen MR) is 332 cm³/mol. The molecule has 386 valence electrons. The van der Waals surface area contributed by atoms with Gasteiger partial charge in [0.2, 0.25) is 11.4 Å². The number of rotatable bonds is 10. The zero-order valence-electron chi connectivity index (χ0n) is 47.6. The predicted octanol–water partition coefficient (Wildman–Crippen LogP) is 16.7. The summed E-state index contributed by atoms with van der Waals surface area (Å²) in [6.45, 7) is 33.0. The molecule has 77 heavy (non-hydrogen) atoms. The third-order valence-electron chi connectivity index (χ3n) is 17.2. The van der Waals surface area contributed by atoms with Crippen LogP contribution in [-0.4, -0.2) is 17.6 Å². The first-order valence-electron chi connectivity index (χ1n) is 28.0. The number of aromatic nitrogens is 2. The summed E-state index contributed by atoms with van der Waals surface area (Å²) in [5, 5.41) is 7.85. The highest BCUT2D eigenvalue weighted by atomic mass is 28.3. The van der Waals surface area contributed by atoms with Gasteiger partial charge in [0.05, 0.1) is 11.0 Å². The fraction of sp³-hybridized carbons (Fsp3) is 0.250. The van der Waals surface area contributed by atoms with Gasteiger partial charge in [-0.3, -0.25) is 4.57 Å². The summed E-state index contributed by atoms with van der Waals surface area (Å²) in [4.78, 5) is 5.28. The van der Waals surface area contributed by atoms with Crippen LogP contribution in [0.3, 0.4) is 0 Å². The maximum Gasteiger partial charge on any atom is 0.225 e. The molecule has 1 fully saturated rings. The van der Waals surface area contributed by atoms with Crippen LogP contribution in [0.1, 0.15) is 130 Å². The number of benzene rings is 8. The van der Waals surface area contributed by atoms with Crippen LogP contribution in [0.5, 0.6) is 0 Å². The minimum absolute atomic E-state index is 0.00182. The van der Waals surface area contributed by atoms with Crippen molar-refractivity contribution in [1.82, 2.24) is 18.7 Å². The molecule has 2 atom stereocenters. The van der Waals surface area contributed by atoms with Gasteiger partial charge in [-0.2, -0.15) is 9.18 Å². The lowest BCUT2D eigenvalue weighted by Gasteiger charge is -2.42. The molecule has 4 heterocycles. The Bertz CT molecular complexity index is 3850. The molecule has 2 aromatic heterocycles. The molecule has 0 radical (unpaired) electrons. The van der Waals surface area contributed by atoms with Gasteiger partial charge in [-0.1, -0.05) is 223 Å². The summed E-state index contributed by atoms with van der Waals surface area (Å²) < 4.78 is 3.73. The molecule has 0 aliphatic carbocycles. The minimum atomic E-state index is -3.22. The van der Waals surface area contributed by atoms with Crippen molar-refractivity contribution in [3.05, 3.63) is 235 Å². The lowest BCUT2D eigenvalue weighted by atomic mass is 9.85. The third-order valence-corrected chi connectivity index (χ3v) is 22.0. The maximum absolute atomic E-state index is 5.28. The fourth-order valence-electron chi connectivity index (χ4n) is 13.0. The molecule has 1 saturated heterocycles. The SMILES string of the molecule is CC(C)c1cccc(C(C)C)c1-c1ccnc(-n2c3ccccc3c3ccc([Si](c4ccccc4)(c4ccccc4)c4cc(C(C)(C)C)cc([N+]56[CH-][N@+]5(c5cccc(C(C)(C)C)c5)c5ccc(C(C)(C)C)cc56)c4)cc32)c1. The van der Waals surface area contributed by atoms with E-state index in [9.17, 15) is 0 Å².